The first kappa shape index (κ1) is 13.1. The Labute approximate surface area is 126 Å². The minimum Gasteiger partial charge on any atom is -0.239 e. The van der Waals surface area contributed by atoms with Crippen LogP contribution in [0.15, 0.2) is 62.7 Å². The van der Waals surface area contributed by atoms with E-state index in [0.29, 0.717) is 21.3 Å². The predicted octanol–water partition coefficient (Wildman–Crippen LogP) is 3.25. The van der Waals surface area contributed by atoms with Gasteiger partial charge in [-0.05, 0) is 37.3 Å². The first-order valence-corrected chi connectivity index (χ1v) is 8.15. The molecule has 7 heteroatoms. The highest BCUT2D eigenvalue weighted by molar-refractivity contribution is 7.94. The van der Waals surface area contributed by atoms with Crippen molar-refractivity contribution in [1.82, 2.24) is 14.8 Å². The molecule has 1 atom stereocenters. The monoisotopic (exact) mass is 314 g/mol. The molecule has 5 nitrogen and oxygen atoms in total. The van der Waals surface area contributed by atoms with E-state index in [1.807, 2.05) is 6.07 Å². The summed E-state index contributed by atoms with van der Waals surface area (Å²) in [6, 6.07) is 13.0. The smallest absolute Gasteiger partial charge is 0.239 e. The molecule has 0 saturated heterocycles. The van der Waals surface area contributed by atoms with Crippen LogP contribution in [-0.2, 0) is 9.73 Å². The summed E-state index contributed by atoms with van der Waals surface area (Å²) in [7, 11) is -2.99. The van der Waals surface area contributed by atoms with Crippen molar-refractivity contribution >= 4 is 15.7 Å². The molecule has 4 rings (SSSR count). The summed E-state index contributed by atoms with van der Waals surface area (Å²) in [6.45, 7) is 1.73. The molecule has 0 spiro atoms. The van der Waals surface area contributed by atoms with Crippen LogP contribution in [0.3, 0.4) is 0 Å². The van der Waals surface area contributed by atoms with E-state index < -0.39 is 15.5 Å². The van der Waals surface area contributed by atoms with E-state index in [-0.39, 0.29) is 5.95 Å². The molecular weight excluding hydrogens is 303 g/mol. The van der Waals surface area contributed by atoms with Crippen LogP contribution < -0.4 is 0 Å². The third-order valence-corrected chi connectivity index (χ3v) is 5.67. The fraction of sp³-hybridized carbons (Fsp3) is 0.0667. The summed E-state index contributed by atoms with van der Waals surface area (Å²) >= 11 is 0. The third-order valence-electron chi connectivity index (χ3n) is 3.42. The standard InChI is InChI=1S/C15H11FN4OS/c1-10-17-15-19-22(21,12-5-3-2-4-6-12)14-9-11(16)7-8-13(14)20(15)18-10/h2-9H,1H3. The zero-order valence-corrected chi connectivity index (χ0v) is 12.4. The van der Waals surface area contributed by atoms with Gasteiger partial charge in [0.15, 0.2) is 0 Å². The number of aromatic nitrogens is 3. The Bertz CT molecular complexity index is 1000. The molecule has 0 fully saturated rings. The van der Waals surface area contributed by atoms with Crippen molar-refractivity contribution in [2.45, 2.75) is 16.7 Å². The SMILES string of the molecule is Cc1nc2n(n1)-c1ccc(F)cc1S(=O)(c1ccccc1)=N2. The van der Waals surface area contributed by atoms with E-state index in [2.05, 4.69) is 14.4 Å². The van der Waals surface area contributed by atoms with E-state index in [4.69, 9.17) is 0 Å². The maximum absolute atomic E-state index is 13.7. The summed E-state index contributed by atoms with van der Waals surface area (Å²) < 4.78 is 33.1. The molecular formula is C15H11FN4OS. The van der Waals surface area contributed by atoms with Crippen molar-refractivity contribution in [3.63, 3.8) is 0 Å². The van der Waals surface area contributed by atoms with Crippen molar-refractivity contribution in [1.29, 1.82) is 0 Å². The van der Waals surface area contributed by atoms with Gasteiger partial charge in [0, 0.05) is 0 Å². The lowest BCUT2D eigenvalue weighted by atomic mass is 10.3. The number of hydrogen-bond donors (Lipinski definition) is 0. The molecule has 110 valence electrons. The number of nitrogens with zero attached hydrogens (tertiary/aromatic N) is 4. The van der Waals surface area contributed by atoms with E-state index in [1.165, 1.54) is 16.8 Å². The lowest BCUT2D eigenvalue weighted by molar-refractivity contribution is 0.619. The zero-order valence-electron chi connectivity index (χ0n) is 11.6. The van der Waals surface area contributed by atoms with Gasteiger partial charge in [-0.1, -0.05) is 18.2 Å². The Morgan fingerprint density at radius 3 is 2.68 bits per heavy atom. The largest absolute Gasteiger partial charge is 0.261 e. The molecule has 0 saturated carbocycles. The molecule has 2 heterocycles. The topological polar surface area (TPSA) is 60.1 Å². The van der Waals surface area contributed by atoms with Crippen molar-refractivity contribution in [2.75, 3.05) is 0 Å². The second-order valence-corrected chi connectivity index (χ2v) is 7.06. The molecule has 1 aliphatic rings. The number of hydrogen-bond acceptors (Lipinski definition) is 4. The Kier molecular flexibility index (Phi) is 2.67. The molecule has 0 amide bonds. The average Bonchev–Trinajstić information content (AvgIpc) is 2.88. The number of rotatable bonds is 1. The molecule has 1 unspecified atom stereocenters. The first-order chi connectivity index (χ1) is 10.6. The molecule has 22 heavy (non-hydrogen) atoms. The minimum atomic E-state index is -2.99. The van der Waals surface area contributed by atoms with E-state index in [0.717, 1.165) is 0 Å². The highest BCUT2D eigenvalue weighted by Gasteiger charge is 2.28. The highest BCUT2D eigenvalue weighted by Crippen LogP contribution is 2.36. The van der Waals surface area contributed by atoms with Crippen molar-refractivity contribution in [3.8, 4) is 5.69 Å². The average molecular weight is 314 g/mol. The molecule has 3 aromatic rings. The normalized spacial score (nSPS) is 19.2. The second kappa shape index (κ2) is 4.48. The molecule has 0 aliphatic carbocycles. The van der Waals surface area contributed by atoms with Crippen molar-refractivity contribution in [3.05, 3.63) is 60.2 Å². The third kappa shape index (κ3) is 1.79. The molecule has 0 radical (unpaired) electrons. The van der Waals surface area contributed by atoms with Gasteiger partial charge < -0.3 is 0 Å². The van der Waals surface area contributed by atoms with Crippen LogP contribution in [-0.4, -0.2) is 19.0 Å². The second-order valence-electron chi connectivity index (χ2n) is 4.91. The van der Waals surface area contributed by atoms with Crippen LogP contribution in [0.1, 0.15) is 5.82 Å². The Morgan fingerprint density at radius 1 is 1.14 bits per heavy atom. The van der Waals surface area contributed by atoms with Crippen LogP contribution in [0.25, 0.3) is 5.69 Å². The quantitative estimate of drug-likeness (QED) is 0.542. The van der Waals surface area contributed by atoms with Gasteiger partial charge in [-0.25, -0.2) is 8.60 Å². The Balaban J connectivity index is 2.15. The van der Waals surface area contributed by atoms with Crippen LogP contribution in [0.4, 0.5) is 10.3 Å². The van der Waals surface area contributed by atoms with Gasteiger partial charge in [0.05, 0.1) is 15.5 Å². The van der Waals surface area contributed by atoms with Gasteiger partial charge in [0.25, 0.3) is 5.95 Å². The van der Waals surface area contributed by atoms with Gasteiger partial charge in [-0.3, -0.25) is 0 Å². The first-order valence-electron chi connectivity index (χ1n) is 6.64. The molecule has 1 aliphatic heterocycles. The number of fused-ring (bicyclic) bond motifs is 3. The predicted molar refractivity (Wildman–Crippen MR) is 79.3 cm³/mol. The van der Waals surface area contributed by atoms with E-state index >= 15 is 0 Å². The van der Waals surface area contributed by atoms with Crippen LogP contribution >= 0.6 is 0 Å². The van der Waals surface area contributed by atoms with E-state index in [9.17, 15) is 8.60 Å². The van der Waals surface area contributed by atoms with Crippen molar-refractivity contribution < 1.29 is 8.60 Å². The molecule has 0 bridgehead atoms. The van der Waals surface area contributed by atoms with Crippen LogP contribution in [0, 0.1) is 12.7 Å². The number of aryl methyl sites for hydroxylation is 1. The van der Waals surface area contributed by atoms with Gasteiger partial charge >= 0.3 is 0 Å². The van der Waals surface area contributed by atoms with Gasteiger partial charge in [0.2, 0.25) is 0 Å². The van der Waals surface area contributed by atoms with Crippen LogP contribution in [0.2, 0.25) is 0 Å². The highest BCUT2D eigenvalue weighted by atomic mass is 32.2. The fourth-order valence-electron chi connectivity index (χ4n) is 2.46. The summed E-state index contributed by atoms with van der Waals surface area (Å²) in [6.07, 6.45) is 0. The van der Waals surface area contributed by atoms with Gasteiger partial charge in [-0.2, -0.15) is 14.0 Å². The maximum Gasteiger partial charge on any atom is 0.261 e. The fourth-order valence-corrected chi connectivity index (χ4v) is 4.50. The number of halogens is 1. The Morgan fingerprint density at radius 2 is 1.91 bits per heavy atom. The Hall–Kier alpha value is -2.54. The minimum absolute atomic E-state index is 0.269. The zero-order chi connectivity index (χ0) is 15.3. The summed E-state index contributed by atoms with van der Waals surface area (Å²) in [4.78, 5) is 5.04. The lowest BCUT2D eigenvalue weighted by Gasteiger charge is -2.19. The van der Waals surface area contributed by atoms with Crippen molar-refractivity contribution in [2.24, 2.45) is 4.36 Å². The summed E-state index contributed by atoms with van der Waals surface area (Å²) in [5.41, 5.74) is 0.542. The summed E-state index contributed by atoms with van der Waals surface area (Å²) in [5.74, 6) is 0.328. The lowest BCUT2D eigenvalue weighted by Crippen LogP contribution is -2.13. The van der Waals surface area contributed by atoms with Gasteiger partial charge in [-0.15, -0.1) is 5.10 Å². The number of benzene rings is 2. The van der Waals surface area contributed by atoms with Gasteiger partial charge in [0.1, 0.15) is 21.4 Å². The molecule has 1 aromatic heterocycles. The molecule has 0 N–H and O–H groups in total. The van der Waals surface area contributed by atoms with E-state index in [1.54, 1.807) is 37.3 Å². The summed E-state index contributed by atoms with van der Waals surface area (Å²) in [5, 5.41) is 4.25. The molecule has 2 aromatic carbocycles. The van der Waals surface area contributed by atoms with Crippen LogP contribution in [0.5, 0.6) is 0 Å². The maximum atomic E-state index is 13.7.